The maximum atomic E-state index is 13.4. The molecule has 1 atom stereocenters. The zero-order chi connectivity index (χ0) is 24.7. The fourth-order valence-corrected chi connectivity index (χ4v) is 4.36. The summed E-state index contributed by atoms with van der Waals surface area (Å²) in [5.74, 6) is -0.732. The SMILES string of the molecule is COc1ccc(C2/C(=C(\O)c3ccccc3)C(=O)C(=O)N2c2nc3ccc(C)cc3[nH]2)cc1OC. The van der Waals surface area contributed by atoms with Crippen LogP contribution in [0.2, 0.25) is 0 Å². The number of carbonyl (C=O) groups excluding carboxylic acids is 2. The topological polar surface area (TPSA) is 105 Å². The predicted octanol–water partition coefficient (Wildman–Crippen LogP) is 4.51. The van der Waals surface area contributed by atoms with Crippen LogP contribution in [0.3, 0.4) is 0 Å². The second-order valence-electron chi connectivity index (χ2n) is 8.23. The molecule has 8 heteroatoms. The number of amides is 1. The molecule has 1 aliphatic heterocycles. The molecule has 1 saturated heterocycles. The van der Waals surface area contributed by atoms with Gasteiger partial charge in [-0.15, -0.1) is 0 Å². The summed E-state index contributed by atoms with van der Waals surface area (Å²) in [6, 6.07) is 18.5. The Morgan fingerprint density at radius 2 is 1.71 bits per heavy atom. The van der Waals surface area contributed by atoms with Crippen LogP contribution in [0.15, 0.2) is 72.3 Å². The second kappa shape index (κ2) is 8.64. The first-order chi connectivity index (χ1) is 16.9. The summed E-state index contributed by atoms with van der Waals surface area (Å²) in [4.78, 5) is 35.7. The molecule has 3 aromatic carbocycles. The van der Waals surface area contributed by atoms with Gasteiger partial charge in [0.05, 0.1) is 36.9 Å². The van der Waals surface area contributed by atoms with Gasteiger partial charge in [0.1, 0.15) is 5.76 Å². The molecule has 2 N–H and O–H groups in total. The van der Waals surface area contributed by atoms with E-state index in [2.05, 4.69) is 9.97 Å². The summed E-state index contributed by atoms with van der Waals surface area (Å²) in [5.41, 5.74) is 3.35. The van der Waals surface area contributed by atoms with Crippen molar-refractivity contribution in [3.63, 3.8) is 0 Å². The summed E-state index contributed by atoms with van der Waals surface area (Å²) < 4.78 is 10.8. The Labute approximate surface area is 201 Å². The number of nitrogens with zero attached hydrogens (tertiary/aromatic N) is 2. The lowest BCUT2D eigenvalue weighted by atomic mass is 9.95. The molecule has 0 radical (unpaired) electrons. The highest BCUT2D eigenvalue weighted by atomic mass is 16.5. The number of aromatic amines is 1. The average molecular weight is 469 g/mol. The van der Waals surface area contributed by atoms with Crippen molar-refractivity contribution in [3.8, 4) is 11.5 Å². The van der Waals surface area contributed by atoms with Gasteiger partial charge in [0, 0.05) is 5.56 Å². The van der Waals surface area contributed by atoms with Crippen LogP contribution in [-0.2, 0) is 9.59 Å². The lowest BCUT2D eigenvalue weighted by Crippen LogP contribution is -2.30. The number of aromatic nitrogens is 2. The van der Waals surface area contributed by atoms with Gasteiger partial charge in [0.15, 0.2) is 11.5 Å². The Balaban J connectivity index is 1.75. The Bertz CT molecular complexity index is 1490. The third kappa shape index (κ3) is 3.69. The molecule has 0 bridgehead atoms. The number of hydrogen-bond acceptors (Lipinski definition) is 6. The molecule has 4 aromatic rings. The van der Waals surface area contributed by atoms with Crippen LogP contribution in [-0.4, -0.2) is 41.0 Å². The van der Waals surface area contributed by atoms with E-state index >= 15 is 0 Å². The summed E-state index contributed by atoms with van der Waals surface area (Å²) in [6.45, 7) is 1.95. The van der Waals surface area contributed by atoms with Crippen LogP contribution in [0, 0.1) is 6.92 Å². The van der Waals surface area contributed by atoms with Crippen LogP contribution in [0.25, 0.3) is 16.8 Å². The van der Waals surface area contributed by atoms with Gasteiger partial charge < -0.3 is 19.6 Å². The molecule has 1 aromatic heterocycles. The molecule has 8 nitrogen and oxygen atoms in total. The zero-order valence-electron chi connectivity index (χ0n) is 19.4. The number of anilines is 1. The number of ketones is 1. The van der Waals surface area contributed by atoms with Gasteiger partial charge in [0.25, 0.3) is 5.78 Å². The first-order valence-electron chi connectivity index (χ1n) is 11.0. The van der Waals surface area contributed by atoms with E-state index < -0.39 is 17.7 Å². The van der Waals surface area contributed by atoms with Crippen LogP contribution in [0.1, 0.15) is 22.7 Å². The minimum atomic E-state index is -0.948. The number of imidazole rings is 1. The highest BCUT2D eigenvalue weighted by Gasteiger charge is 2.48. The Morgan fingerprint density at radius 3 is 2.43 bits per heavy atom. The molecule has 0 saturated carbocycles. The van der Waals surface area contributed by atoms with Gasteiger partial charge >= 0.3 is 5.91 Å². The van der Waals surface area contributed by atoms with Crippen molar-refractivity contribution in [2.24, 2.45) is 0 Å². The van der Waals surface area contributed by atoms with Crippen LogP contribution >= 0.6 is 0 Å². The van der Waals surface area contributed by atoms with Gasteiger partial charge in [-0.1, -0.05) is 42.5 Å². The number of aryl methyl sites for hydroxylation is 1. The van der Waals surface area contributed by atoms with Gasteiger partial charge in [-0.2, -0.15) is 0 Å². The lowest BCUT2D eigenvalue weighted by Gasteiger charge is -2.23. The first kappa shape index (κ1) is 22.2. The number of ether oxygens (including phenoxy) is 2. The standard InChI is InChI=1S/C27H23N3O5/c1-15-9-11-18-19(13-15)29-27(28-18)30-23(17-10-12-20(34-2)21(14-17)35-3)22(25(32)26(30)33)24(31)16-7-5-4-6-8-16/h4-14,23,31H,1-3H3,(H,28,29)/b24-22+. The Morgan fingerprint density at radius 1 is 0.971 bits per heavy atom. The van der Waals surface area contributed by atoms with E-state index in [1.165, 1.54) is 19.1 Å². The summed E-state index contributed by atoms with van der Waals surface area (Å²) >= 11 is 0. The predicted molar refractivity (Wildman–Crippen MR) is 132 cm³/mol. The van der Waals surface area contributed by atoms with Crippen molar-refractivity contribution in [1.82, 2.24) is 9.97 Å². The molecule has 1 unspecified atom stereocenters. The fourth-order valence-electron chi connectivity index (χ4n) is 4.36. The first-order valence-corrected chi connectivity index (χ1v) is 11.0. The highest BCUT2D eigenvalue weighted by molar-refractivity contribution is 6.51. The van der Waals surface area contributed by atoms with Crippen LogP contribution < -0.4 is 14.4 Å². The number of aliphatic hydroxyl groups is 1. The Kier molecular flexibility index (Phi) is 5.49. The highest BCUT2D eigenvalue weighted by Crippen LogP contribution is 2.43. The van der Waals surface area contributed by atoms with Crippen molar-refractivity contribution in [3.05, 3.63) is 89.0 Å². The van der Waals surface area contributed by atoms with E-state index in [1.54, 1.807) is 48.5 Å². The van der Waals surface area contributed by atoms with Crippen molar-refractivity contribution >= 4 is 34.4 Å². The number of Topliss-reactive ketones (excluding diaryl/α,β-unsaturated/α-hetero) is 1. The number of fused-ring (bicyclic) bond motifs is 1. The average Bonchev–Trinajstić information content (AvgIpc) is 3.41. The summed E-state index contributed by atoms with van der Waals surface area (Å²) in [7, 11) is 3.03. The number of aliphatic hydroxyl groups excluding tert-OH is 1. The number of methoxy groups -OCH3 is 2. The lowest BCUT2D eigenvalue weighted by molar-refractivity contribution is -0.132. The molecule has 5 rings (SSSR count). The van der Waals surface area contributed by atoms with E-state index in [9.17, 15) is 14.7 Å². The molecule has 35 heavy (non-hydrogen) atoms. The van der Waals surface area contributed by atoms with Crippen molar-refractivity contribution < 1.29 is 24.2 Å². The number of H-pyrrole nitrogens is 1. The van der Waals surface area contributed by atoms with Crippen molar-refractivity contribution in [2.45, 2.75) is 13.0 Å². The normalized spacial score (nSPS) is 17.2. The molecule has 0 aliphatic carbocycles. The molecule has 176 valence electrons. The second-order valence-corrected chi connectivity index (χ2v) is 8.23. The number of nitrogens with one attached hydrogen (secondary N) is 1. The van der Waals surface area contributed by atoms with E-state index in [4.69, 9.17) is 9.47 Å². The molecule has 0 spiro atoms. The number of rotatable bonds is 5. The number of carbonyl (C=O) groups is 2. The van der Waals surface area contributed by atoms with Crippen LogP contribution in [0.5, 0.6) is 11.5 Å². The third-order valence-corrected chi connectivity index (χ3v) is 6.07. The van der Waals surface area contributed by atoms with Gasteiger partial charge in [0.2, 0.25) is 5.95 Å². The quantitative estimate of drug-likeness (QED) is 0.253. The fraction of sp³-hybridized carbons (Fsp3) is 0.148. The third-order valence-electron chi connectivity index (χ3n) is 6.07. The van der Waals surface area contributed by atoms with E-state index in [0.29, 0.717) is 28.1 Å². The van der Waals surface area contributed by atoms with E-state index in [1.807, 2.05) is 25.1 Å². The zero-order valence-corrected chi connectivity index (χ0v) is 19.4. The number of hydrogen-bond donors (Lipinski definition) is 2. The van der Waals surface area contributed by atoms with Crippen LogP contribution in [0.4, 0.5) is 5.95 Å². The molecular weight excluding hydrogens is 446 g/mol. The number of benzene rings is 3. The minimum Gasteiger partial charge on any atom is -0.507 e. The van der Waals surface area contributed by atoms with Gasteiger partial charge in [-0.3, -0.25) is 14.5 Å². The van der Waals surface area contributed by atoms with E-state index in [-0.39, 0.29) is 17.3 Å². The maximum absolute atomic E-state index is 13.4. The molecule has 1 amide bonds. The van der Waals surface area contributed by atoms with Gasteiger partial charge in [-0.25, -0.2) is 4.98 Å². The largest absolute Gasteiger partial charge is 0.507 e. The summed E-state index contributed by atoms with van der Waals surface area (Å²) in [5, 5.41) is 11.2. The van der Waals surface area contributed by atoms with Gasteiger partial charge in [-0.05, 0) is 42.3 Å². The summed E-state index contributed by atoms with van der Waals surface area (Å²) in [6.07, 6.45) is 0. The van der Waals surface area contributed by atoms with Crippen molar-refractivity contribution in [1.29, 1.82) is 0 Å². The maximum Gasteiger partial charge on any atom is 0.302 e. The molecular formula is C27H23N3O5. The van der Waals surface area contributed by atoms with Crippen molar-refractivity contribution in [2.75, 3.05) is 19.1 Å². The monoisotopic (exact) mass is 469 g/mol. The molecule has 1 fully saturated rings. The molecule has 1 aliphatic rings. The Hall–Kier alpha value is -4.59. The smallest absolute Gasteiger partial charge is 0.302 e. The molecule has 2 heterocycles. The van der Waals surface area contributed by atoms with E-state index in [0.717, 1.165) is 11.1 Å². The minimum absolute atomic E-state index is 0.0370.